The van der Waals surface area contributed by atoms with Gasteiger partial charge in [-0.15, -0.1) is 0 Å². The third-order valence-electron chi connectivity index (χ3n) is 5.17. The van der Waals surface area contributed by atoms with Crippen LogP contribution in [0.1, 0.15) is 41.4 Å². The van der Waals surface area contributed by atoms with Gasteiger partial charge in [-0.3, -0.25) is 4.90 Å². The van der Waals surface area contributed by atoms with Crippen LogP contribution in [0.25, 0.3) is 6.08 Å². The molecule has 5 nitrogen and oxygen atoms in total. The lowest BCUT2D eigenvalue weighted by molar-refractivity contribution is 0.254. The number of ether oxygens (including phenoxy) is 1. The third kappa shape index (κ3) is 3.00. The number of hydrogen-bond donors (Lipinski definition) is 1. The first-order chi connectivity index (χ1) is 12.2. The summed E-state index contributed by atoms with van der Waals surface area (Å²) in [6.07, 6.45) is 7.65. The van der Waals surface area contributed by atoms with Crippen LogP contribution in [0, 0.1) is 0 Å². The molecular formula is C20H21N3O2. The summed E-state index contributed by atoms with van der Waals surface area (Å²) in [5.41, 5.74) is 4.68. The second kappa shape index (κ2) is 5.85. The Labute approximate surface area is 147 Å². The van der Waals surface area contributed by atoms with E-state index in [1.54, 1.807) is 12.1 Å². The minimum atomic E-state index is 0.273. The maximum absolute atomic E-state index is 9.66. The average Bonchev–Trinajstić information content (AvgIpc) is 3.46. The molecule has 5 rings (SSSR count). The first-order valence-electron chi connectivity index (χ1n) is 8.97. The SMILES string of the molecule is Oc1ccc2c(c1)C=C(CN1CCc3nc(C4CC4)ncc3C1)CO2. The topological polar surface area (TPSA) is 58.5 Å². The van der Waals surface area contributed by atoms with E-state index in [-0.39, 0.29) is 5.75 Å². The molecule has 1 aromatic heterocycles. The second-order valence-electron chi connectivity index (χ2n) is 7.25. The number of hydrogen-bond acceptors (Lipinski definition) is 5. The van der Waals surface area contributed by atoms with E-state index in [0.29, 0.717) is 12.5 Å². The predicted molar refractivity (Wildman–Crippen MR) is 94.6 cm³/mol. The summed E-state index contributed by atoms with van der Waals surface area (Å²) in [6, 6.07) is 5.24. The molecule has 1 N–H and O–H groups in total. The number of benzene rings is 1. The smallest absolute Gasteiger partial charge is 0.131 e. The number of phenols is 1. The molecule has 3 aliphatic rings. The maximum atomic E-state index is 9.66. The lowest BCUT2D eigenvalue weighted by Gasteiger charge is -2.30. The number of aromatic hydroxyl groups is 1. The largest absolute Gasteiger partial charge is 0.508 e. The van der Waals surface area contributed by atoms with Gasteiger partial charge in [0.15, 0.2) is 0 Å². The monoisotopic (exact) mass is 335 g/mol. The third-order valence-corrected chi connectivity index (χ3v) is 5.17. The Balaban J connectivity index is 1.31. The van der Waals surface area contributed by atoms with Crippen molar-refractivity contribution in [3.8, 4) is 11.5 Å². The molecule has 1 saturated carbocycles. The summed E-state index contributed by atoms with van der Waals surface area (Å²) >= 11 is 0. The fourth-order valence-corrected chi connectivity index (χ4v) is 3.65. The average molecular weight is 335 g/mol. The molecule has 0 atom stereocenters. The van der Waals surface area contributed by atoms with Crippen LogP contribution in [0.2, 0.25) is 0 Å². The molecule has 5 heteroatoms. The molecule has 2 aliphatic heterocycles. The first-order valence-corrected chi connectivity index (χ1v) is 8.97. The van der Waals surface area contributed by atoms with Gasteiger partial charge in [-0.1, -0.05) is 0 Å². The molecule has 0 unspecified atom stereocenters. The molecule has 1 aromatic carbocycles. The Bertz CT molecular complexity index is 858. The van der Waals surface area contributed by atoms with Crippen LogP contribution in [0.5, 0.6) is 11.5 Å². The van der Waals surface area contributed by atoms with E-state index in [0.717, 1.165) is 43.2 Å². The quantitative estimate of drug-likeness (QED) is 0.935. The van der Waals surface area contributed by atoms with Crippen molar-refractivity contribution in [1.29, 1.82) is 0 Å². The number of aromatic nitrogens is 2. The van der Waals surface area contributed by atoms with Crippen LogP contribution in [0.3, 0.4) is 0 Å². The van der Waals surface area contributed by atoms with Gasteiger partial charge in [0.1, 0.15) is 23.9 Å². The summed E-state index contributed by atoms with van der Waals surface area (Å²) in [5, 5.41) is 9.66. The lowest BCUT2D eigenvalue weighted by Crippen LogP contribution is -2.34. The molecule has 0 spiro atoms. The maximum Gasteiger partial charge on any atom is 0.131 e. The molecular weight excluding hydrogens is 314 g/mol. The first kappa shape index (κ1) is 14.9. The van der Waals surface area contributed by atoms with Crippen LogP contribution in [0.4, 0.5) is 0 Å². The van der Waals surface area contributed by atoms with Gasteiger partial charge >= 0.3 is 0 Å². The molecule has 3 heterocycles. The van der Waals surface area contributed by atoms with Gasteiger partial charge in [0.25, 0.3) is 0 Å². The molecule has 0 saturated heterocycles. The molecule has 0 bridgehead atoms. The Hall–Kier alpha value is -2.40. The van der Waals surface area contributed by atoms with Crippen LogP contribution in [-0.2, 0) is 13.0 Å². The van der Waals surface area contributed by atoms with Crippen molar-refractivity contribution >= 4 is 6.08 Å². The highest BCUT2D eigenvalue weighted by molar-refractivity contribution is 5.64. The highest BCUT2D eigenvalue weighted by Gasteiger charge is 2.28. The standard InChI is InChI=1S/C20H21N3O2/c24-17-3-4-19-15(8-17)7-13(12-25-19)10-23-6-5-18-16(11-23)9-21-20(22-18)14-1-2-14/h3-4,7-9,14,24H,1-2,5-6,10-12H2. The fraction of sp³-hybridized carbons (Fsp3) is 0.400. The molecule has 0 radical (unpaired) electrons. The molecule has 25 heavy (non-hydrogen) atoms. The zero-order valence-corrected chi connectivity index (χ0v) is 14.1. The van der Waals surface area contributed by atoms with E-state index in [4.69, 9.17) is 9.72 Å². The van der Waals surface area contributed by atoms with E-state index in [1.807, 2.05) is 12.3 Å². The van der Waals surface area contributed by atoms with Crippen molar-refractivity contribution in [3.63, 3.8) is 0 Å². The zero-order chi connectivity index (χ0) is 16.8. The van der Waals surface area contributed by atoms with Gasteiger partial charge in [-0.2, -0.15) is 0 Å². The van der Waals surface area contributed by atoms with Gasteiger partial charge in [-0.25, -0.2) is 9.97 Å². The van der Waals surface area contributed by atoms with Gasteiger partial charge in [0.05, 0.1) is 0 Å². The van der Waals surface area contributed by atoms with Crippen molar-refractivity contribution in [2.45, 2.75) is 31.7 Å². The summed E-state index contributed by atoms with van der Waals surface area (Å²) in [5.74, 6) is 2.78. The van der Waals surface area contributed by atoms with Crippen LogP contribution in [-0.4, -0.2) is 39.7 Å². The molecule has 1 fully saturated rings. The Morgan fingerprint density at radius 1 is 1.28 bits per heavy atom. The van der Waals surface area contributed by atoms with E-state index < -0.39 is 0 Å². The van der Waals surface area contributed by atoms with E-state index in [1.165, 1.54) is 29.7 Å². The normalized spacial score (nSPS) is 19.6. The molecule has 2 aromatic rings. The lowest BCUT2D eigenvalue weighted by atomic mass is 10.0. The van der Waals surface area contributed by atoms with E-state index in [9.17, 15) is 5.11 Å². The van der Waals surface area contributed by atoms with E-state index >= 15 is 0 Å². The molecule has 0 amide bonds. The van der Waals surface area contributed by atoms with Crippen molar-refractivity contribution in [3.05, 3.63) is 52.6 Å². The molecule has 128 valence electrons. The fourth-order valence-electron chi connectivity index (χ4n) is 3.65. The Morgan fingerprint density at radius 2 is 2.20 bits per heavy atom. The van der Waals surface area contributed by atoms with Crippen molar-refractivity contribution < 1.29 is 9.84 Å². The van der Waals surface area contributed by atoms with Gasteiger partial charge in [0, 0.05) is 55.0 Å². The summed E-state index contributed by atoms with van der Waals surface area (Å²) < 4.78 is 5.82. The van der Waals surface area contributed by atoms with Gasteiger partial charge in [-0.05, 0) is 42.7 Å². The zero-order valence-electron chi connectivity index (χ0n) is 14.1. The van der Waals surface area contributed by atoms with Gasteiger partial charge in [0.2, 0.25) is 0 Å². The summed E-state index contributed by atoms with van der Waals surface area (Å²) in [7, 11) is 0. The van der Waals surface area contributed by atoms with Gasteiger partial charge < -0.3 is 9.84 Å². The minimum Gasteiger partial charge on any atom is -0.508 e. The predicted octanol–water partition coefficient (Wildman–Crippen LogP) is 2.89. The Morgan fingerprint density at radius 3 is 3.08 bits per heavy atom. The van der Waals surface area contributed by atoms with Crippen molar-refractivity contribution in [2.24, 2.45) is 0 Å². The van der Waals surface area contributed by atoms with Crippen molar-refractivity contribution in [2.75, 3.05) is 19.7 Å². The second-order valence-corrected chi connectivity index (χ2v) is 7.25. The summed E-state index contributed by atoms with van der Waals surface area (Å²) in [4.78, 5) is 11.8. The van der Waals surface area contributed by atoms with Crippen LogP contribution in [0.15, 0.2) is 30.0 Å². The summed E-state index contributed by atoms with van der Waals surface area (Å²) in [6.45, 7) is 3.39. The highest BCUT2D eigenvalue weighted by atomic mass is 16.5. The number of phenolic OH excluding ortho intramolecular Hbond substituents is 1. The van der Waals surface area contributed by atoms with E-state index in [2.05, 4.69) is 16.0 Å². The number of nitrogens with zero attached hydrogens (tertiary/aromatic N) is 3. The van der Waals surface area contributed by atoms with Crippen LogP contribution >= 0.6 is 0 Å². The number of rotatable bonds is 3. The highest BCUT2D eigenvalue weighted by Crippen LogP contribution is 2.38. The van der Waals surface area contributed by atoms with Crippen molar-refractivity contribution in [1.82, 2.24) is 14.9 Å². The van der Waals surface area contributed by atoms with Crippen LogP contribution < -0.4 is 4.74 Å². The minimum absolute atomic E-state index is 0.273. The molecule has 1 aliphatic carbocycles. The Kier molecular flexibility index (Phi) is 3.48. The number of fused-ring (bicyclic) bond motifs is 2.